The lowest BCUT2D eigenvalue weighted by molar-refractivity contribution is -0.275. The smallest absolute Gasteiger partial charge is 0.405 e. The summed E-state index contributed by atoms with van der Waals surface area (Å²) in [5, 5.41) is 0. The average molecular weight is 500 g/mol. The first-order valence-electron chi connectivity index (χ1n) is 11.1. The monoisotopic (exact) mass is 499 g/mol. The van der Waals surface area contributed by atoms with Gasteiger partial charge in [0.25, 0.3) is 5.56 Å². The van der Waals surface area contributed by atoms with Crippen molar-refractivity contribution >= 4 is 17.4 Å². The first-order valence-corrected chi connectivity index (χ1v) is 11.1. The number of halogens is 3. The summed E-state index contributed by atoms with van der Waals surface area (Å²) in [7, 11) is 1.56. The van der Waals surface area contributed by atoms with Crippen LogP contribution in [0.3, 0.4) is 0 Å². The lowest BCUT2D eigenvalue weighted by Crippen LogP contribution is -2.46. The van der Waals surface area contributed by atoms with E-state index in [9.17, 15) is 27.6 Å². The molecule has 0 aliphatic rings. The molecule has 194 valence electrons. The van der Waals surface area contributed by atoms with Crippen LogP contribution in [0.1, 0.15) is 33.3 Å². The molecule has 0 aliphatic heterocycles. The van der Waals surface area contributed by atoms with Gasteiger partial charge < -0.3 is 15.4 Å². The third-order valence-corrected chi connectivity index (χ3v) is 4.92. The number of benzene rings is 1. The number of likely N-dealkylation sites (N-methyl/N-ethyl adjacent to an activating group) is 1. The first-order chi connectivity index (χ1) is 16.2. The van der Waals surface area contributed by atoms with Crippen molar-refractivity contribution < 1.29 is 22.7 Å². The van der Waals surface area contributed by atoms with E-state index in [1.165, 1.54) is 32.6 Å². The highest BCUT2D eigenvalue weighted by Gasteiger charge is 2.32. The molecule has 0 saturated carbocycles. The second kappa shape index (κ2) is 11.4. The Kier molecular flexibility index (Phi) is 9.13. The number of nitrogens with two attached hydrogens (primary N) is 1. The van der Waals surface area contributed by atoms with Crippen LogP contribution in [0, 0.1) is 11.8 Å². The molecule has 0 atom stereocenters. The van der Waals surface area contributed by atoms with Gasteiger partial charge in [-0.1, -0.05) is 45.9 Å². The Hall–Kier alpha value is -3.28. The summed E-state index contributed by atoms with van der Waals surface area (Å²) in [6.07, 6.45) is -4.85. The van der Waals surface area contributed by atoms with Crippen molar-refractivity contribution in [3.8, 4) is 5.75 Å². The molecule has 1 aromatic heterocycles. The highest BCUT2D eigenvalue weighted by atomic mass is 19.4. The van der Waals surface area contributed by atoms with Crippen LogP contribution in [0.15, 0.2) is 33.9 Å². The molecule has 9 nitrogen and oxygen atoms in total. The number of para-hydroxylation sites is 1. The number of anilines is 2. The van der Waals surface area contributed by atoms with Gasteiger partial charge in [-0.2, -0.15) is 0 Å². The third kappa shape index (κ3) is 7.88. The maximum atomic E-state index is 13.3. The van der Waals surface area contributed by atoms with Crippen LogP contribution in [0.2, 0.25) is 0 Å². The summed E-state index contributed by atoms with van der Waals surface area (Å²) in [4.78, 5) is 43.2. The summed E-state index contributed by atoms with van der Waals surface area (Å²) in [6.45, 7) is 7.60. The zero-order chi connectivity index (χ0) is 26.5. The van der Waals surface area contributed by atoms with Gasteiger partial charge in [0.05, 0.1) is 6.54 Å². The number of H-pyrrole nitrogens is 1. The van der Waals surface area contributed by atoms with E-state index in [-0.39, 0.29) is 60.8 Å². The standard InChI is InChI=1S/C23H32F3N5O4/c1-14(2)10-30(19-20(27)31(11-15(3)4)22(34)28-21(19)33)18(32)13-29(5)12-16-8-6-7-9-17(16)35-23(24,25)26/h6-9,14-15H,10-13,27H2,1-5H3,(H,28,33,34). The van der Waals surface area contributed by atoms with Crippen molar-refractivity contribution in [3.63, 3.8) is 0 Å². The molecular formula is C23H32F3N5O4. The molecule has 0 bridgehead atoms. The molecule has 35 heavy (non-hydrogen) atoms. The number of rotatable bonds is 10. The van der Waals surface area contributed by atoms with Gasteiger partial charge in [0.15, 0.2) is 5.69 Å². The van der Waals surface area contributed by atoms with Crippen molar-refractivity contribution in [2.75, 3.05) is 30.8 Å². The number of hydrogen-bond acceptors (Lipinski definition) is 6. The molecule has 1 heterocycles. The summed E-state index contributed by atoms with van der Waals surface area (Å²) in [6, 6.07) is 5.65. The number of nitrogen functional groups attached to an aromatic ring is 1. The summed E-state index contributed by atoms with van der Waals surface area (Å²) < 4.78 is 43.5. The number of nitrogens with one attached hydrogen (secondary N) is 1. The Labute approximate surface area is 201 Å². The van der Waals surface area contributed by atoms with Crippen LogP contribution >= 0.6 is 0 Å². The van der Waals surface area contributed by atoms with Crippen molar-refractivity contribution in [1.82, 2.24) is 14.5 Å². The molecule has 1 aromatic carbocycles. The highest BCUT2D eigenvalue weighted by molar-refractivity contribution is 5.96. The number of ether oxygens (including phenoxy) is 1. The Morgan fingerprint density at radius 2 is 1.77 bits per heavy atom. The molecule has 2 rings (SSSR count). The fraction of sp³-hybridized carbons (Fsp3) is 0.522. The molecule has 0 fully saturated rings. The number of hydrogen-bond donors (Lipinski definition) is 2. The van der Waals surface area contributed by atoms with Crippen molar-refractivity contribution in [3.05, 3.63) is 50.7 Å². The number of alkyl halides is 3. The molecule has 2 aromatic rings. The lowest BCUT2D eigenvalue weighted by Gasteiger charge is -2.28. The van der Waals surface area contributed by atoms with E-state index in [4.69, 9.17) is 5.73 Å². The molecular weight excluding hydrogens is 467 g/mol. The minimum atomic E-state index is -4.85. The third-order valence-electron chi connectivity index (χ3n) is 4.92. The quantitative estimate of drug-likeness (QED) is 0.520. The number of carbonyl (C=O) groups is 1. The van der Waals surface area contributed by atoms with Crippen molar-refractivity contribution in [1.29, 1.82) is 0 Å². The van der Waals surface area contributed by atoms with Gasteiger partial charge in [-0.05, 0) is 24.9 Å². The summed E-state index contributed by atoms with van der Waals surface area (Å²) >= 11 is 0. The highest BCUT2D eigenvalue weighted by Crippen LogP contribution is 2.27. The van der Waals surface area contributed by atoms with Crippen LogP contribution in [-0.4, -0.2) is 46.9 Å². The van der Waals surface area contributed by atoms with Gasteiger partial charge in [-0.25, -0.2) is 4.79 Å². The van der Waals surface area contributed by atoms with Gasteiger partial charge >= 0.3 is 12.1 Å². The van der Waals surface area contributed by atoms with E-state index in [1.807, 2.05) is 27.7 Å². The fourth-order valence-corrected chi connectivity index (χ4v) is 3.59. The van der Waals surface area contributed by atoms with E-state index >= 15 is 0 Å². The number of aromatic amines is 1. The van der Waals surface area contributed by atoms with Crippen molar-refractivity contribution in [2.24, 2.45) is 11.8 Å². The number of carbonyl (C=O) groups excluding carboxylic acids is 1. The maximum Gasteiger partial charge on any atom is 0.573 e. The van der Waals surface area contributed by atoms with E-state index < -0.39 is 23.5 Å². The van der Waals surface area contributed by atoms with Crippen LogP contribution in [0.5, 0.6) is 5.75 Å². The molecule has 0 spiro atoms. The second-order valence-electron chi connectivity index (χ2n) is 9.22. The van der Waals surface area contributed by atoms with E-state index in [2.05, 4.69) is 9.72 Å². The van der Waals surface area contributed by atoms with E-state index in [0.29, 0.717) is 0 Å². The number of aromatic nitrogens is 2. The molecule has 0 aliphatic carbocycles. The Balaban J connectivity index is 2.35. The first kappa shape index (κ1) is 28.0. The van der Waals surface area contributed by atoms with Gasteiger partial charge in [0.2, 0.25) is 5.91 Å². The van der Waals surface area contributed by atoms with Crippen LogP contribution in [-0.2, 0) is 17.9 Å². The molecule has 0 unspecified atom stereocenters. The predicted octanol–water partition coefficient (Wildman–Crippen LogP) is 2.79. The normalized spacial score (nSPS) is 12.0. The molecule has 0 radical (unpaired) electrons. The van der Waals surface area contributed by atoms with E-state index in [0.717, 1.165) is 0 Å². The van der Waals surface area contributed by atoms with Crippen LogP contribution in [0.25, 0.3) is 0 Å². The van der Waals surface area contributed by atoms with Crippen molar-refractivity contribution in [2.45, 2.75) is 47.1 Å². The maximum absolute atomic E-state index is 13.3. The average Bonchev–Trinajstić information content (AvgIpc) is 2.70. The fourth-order valence-electron chi connectivity index (χ4n) is 3.59. The van der Waals surface area contributed by atoms with Gasteiger partial charge in [0.1, 0.15) is 11.6 Å². The zero-order valence-electron chi connectivity index (χ0n) is 20.5. The van der Waals surface area contributed by atoms with E-state index in [1.54, 1.807) is 13.1 Å². The minimum absolute atomic E-state index is 0.0216. The SMILES string of the molecule is CC(C)CN(C(=O)CN(C)Cc1ccccc1OC(F)(F)F)c1c(N)n(CC(C)C)c(=O)[nH]c1=O. The molecule has 12 heteroatoms. The predicted molar refractivity (Wildman–Crippen MR) is 127 cm³/mol. The topological polar surface area (TPSA) is 114 Å². The second-order valence-corrected chi connectivity index (χ2v) is 9.22. The number of nitrogens with zero attached hydrogens (tertiary/aromatic N) is 3. The van der Waals surface area contributed by atoms with Gasteiger partial charge in [-0.15, -0.1) is 13.2 Å². The zero-order valence-corrected chi connectivity index (χ0v) is 20.5. The van der Waals surface area contributed by atoms with Gasteiger partial charge in [-0.3, -0.25) is 24.0 Å². The Morgan fingerprint density at radius 1 is 1.14 bits per heavy atom. The summed E-state index contributed by atoms with van der Waals surface area (Å²) in [5.74, 6) is -0.974. The van der Waals surface area contributed by atoms with Crippen LogP contribution < -0.4 is 26.6 Å². The van der Waals surface area contributed by atoms with Gasteiger partial charge in [0, 0.05) is 25.2 Å². The number of amides is 1. The minimum Gasteiger partial charge on any atom is -0.405 e. The largest absolute Gasteiger partial charge is 0.573 e. The molecule has 3 N–H and O–H groups in total. The molecule has 0 saturated heterocycles. The Bertz CT molecular complexity index is 1140. The lowest BCUT2D eigenvalue weighted by atomic mass is 10.1. The van der Waals surface area contributed by atoms with Crippen LogP contribution in [0.4, 0.5) is 24.7 Å². The summed E-state index contributed by atoms with van der Waals surface area (Å²) in [5.41, 5.74) is 4.85. The Morgan fingerprint density at radius 3 is 2.34 bits per heavy atom. The molecule has 1 amide bonds.